The van der Waals surface area contributed by atoms with Gasteiger partial charge in [-0.15, -0.1) is 0 Å². The quantitative estimate of drug-likeness (QED) is 0.685. The number of nitro groups is 1. The molecule has 0 aliphatic rings. The van der Waals surface area contributed by atoms with Gasteiger partial charge in [0.1, 0.15) is 0 Å². The number of anilines is 1. The first-order valence-corrected chi connectivity index (χ1v) is 5.81. The highest BCUT2D eigenvalue weighted by atomic mass is 16.6. The lowest BCUT2D eigenvalue weighted by atomic mass is 10.1. The number of nitrogens with zero attached hydrogens (tertiary/aromatic N) is 1. The van der Waals surface area contributed by atoms with Gasteiger partial charge < -0.3 is 10.1 Å². The molecule has 2 aromatic carbocycles. The van der Waals surface area contributed by atoms with E-state index in [0.717, 1.165) is 0 Å². The minimum absolute atomic E-state index is 0.0501. The van der Waals surface area contributed by atoms with Crippen LogP contribution in [-0.4, -0.2) is 17.9 Å². The van der Waals surface area contributed by atoms with Crippen molar-refractivity contribution in [2.24, 2.45) is 0 Å². The smallest absolute Gasteiger partial charge is 0.311 e. The van der Waals surface area contributed by atoms with Crippen molar-refractivity contribution in [3.63, 3.8) is 0 Å². The van der Waals surface area contributed by atoms with Crippen molar-refractivity contribution >= 4 is 17.3 Å². The monoisotopic (exact) mass is 272 g/mol. The number of nitrogens with one attached hydrogen (secondary N) is 1. The minimum atomic E-state index is -0.585. The largest absolute Gasteiger partial charge is 0.490 e. The van der Waals surface area contributed by atoms with Crippen LogP contribution in [0.3, 0.4) is 0 Å². The fourth-order valence-electron chi connectivity index (χ4n) is 1.78. The van der Waals surface area contributed by atoms with Gasteiger partial charge >= 0.3 is 5.69 Å². The van der Waals surface area contributed by atoms with Crippen molar-refractivity contribution in [1.82, 2.24) is 0 Å². The Labute approximate surface area is 115 Å². The number of para-hydroxylation sites is 2. The highest BCUT2D eigenvalue weighted by Crippen LogP contribution is 2.30. The lowest BCUT2D eigenvalue weighted by Gasteiger charge is -2.09. The van der Waals surface area contributed by atoms with Crippen LogP contribution in [0.2, 0.25) is 0 Å². The summed E-state index contributed by atoms with van der Waals surface area (Å²) >= 11 is 0. The van der Waals surface area contributed by atoms with E-state index in [1.54, 1.807) is 24.3 Å². The van der Waals surface area contributed by atoms with Crippen LogP contribution in [0.15, 0.2) is 48.5 Å². The molecular weight excluding hydrogens is 260 g/mol. The molecule has 0 radical (unpaired) electrons. The molecule has 0 aromatic heterocycles. The van der Waals surface area contributed by atoms with Crippen molar-refractivity contribution < 1.29 is 14.5 Å². The Balaban J connectivity index is 2.35. The van der Waals surface area contributed by atoms with E-state index in [2.05, 4.69) is 5.32 Å². The van der Waals surface area contributed by atoms with E-state index in [4.69, 9.17) is 4.74 Å². The van der Waals surface area contributed by atoms with Crippen LogP contribution in [0.25, 0.3) is 0 Å². The Bertz CT molecular complexity index is 641. The van der Waals surface area contributed by atoms with E-state index in [9.17, 15) is 14.9 Å². The Morgan fingerprint density at radius 1 is 1.15 bits per heavy atom. The highest BCUT2D eigenvalue weighted by molar-refractivity contribution is 6.07. The standard InChI is InChI=1S/C14H12N2O4/c1-20-13-11(8-5-9-12(13)16(18)19)14(17)15-10-6-3-2-4-7-10/h2-9H,1H3,(H,15,17). The number of nitro benzene ring substituents is 1. The molecule has 0 atom stereocenters. The van der Waals surface area contributed by atoms with Crippen molar-refractivity contribution in [3.05, 3.63) is 64.2 Å². The molecule has 1 amide bonds. The number of hydrogen-bond acceptors (Lipinski definition) is 4. The molecule has 0 bridgehead atoms. The minimum Gasteiger partial charge on any atom is -0.490 e. The van der Waals surface area contributed by atoms with Crippen molar-refractivity contribution in [1.29, 1.82) is 0 Å². The van der Waals surface area contributed by atoms with Crippen LogP contribution in [0.5, 0.6) is 5.75 Å². The Kier molecular flexibility index (Phi) is 3.95. The number of carbonyl (C=O) groups is 1. The van der Waals surface area contributed by atoms with Gasteiger partial charge in [0.05, 0.1) is 17.6 Å². The molecule has 2 rings (SSSR count). The number of carbonyl (C=O) groups excluding carboxylic acids is 1. The first-order valence-electron chi connectivity index (χ1n) is 5.81. The summed E-state index contributed by atoms with van der Waals surface area (Å²) < 4.78 is 4.99. The topological polar surface area (TPSA) is 81.5 Å². The Morgan fingerprint density at radius 3 is 2.45 bits per heavy atom. The van der Waals surface area contributed by atoms with E-state index >= 15 is 0 Å². The van der Waals surface area contributed by atoms with Crippen LogP contribution in [0, 0.1) is 10.1 Å². The summed E-state index contributed by atoms with van der Waals surface area (Å²) in [4.78, 5) is 22.5. The molecule has 102 valence electrons. The van der Waals surface area contributed by atoms with Gasteiger partial charge in [-0.2, -0.15) is 0 Å². The second kappa shape index (κ2) is 5.83. The maximum Gasteiger partial charge on any atom is 0.311 e. The highest BCUT2D eigenvalue weighted by Gasteiger charge is 2.22. The van der Waals surface area contributed by atoms with E-state index in [1.807, 2.05) is 6.07 Å². The zero-order valence-corrected chi connectivity index (χ0v) is 10.7. The van der Waals surface area contributed by atoms with Crippen LogP contribution in [0.1, 0.15) is 10.4 Å². The van der Waals surface area contributed by atoms with Crippen LogP contribution in [-0.2, 0) is 0 Å². The second-order valence-electron chi connectivity index (χ2n) is 3.94. The van der Waals surface area contributed by atoms with Gasteiger partial charge in [-0.1, -0.05) is 24.3 Å². The first kappa shape index (κ1) is 13.5. The van der Waals surface area contributed by atoms with Gasteiger partial charge in [0.15, 0.2) is 0 Å². The van der Waals surface area contributed by atoms with Gasteiger partial charge in [-0.25, -0.2) is 0 Å². The van der Waals surface area contributed by atoms with E-state index in [-0.39, 0.29) is 17.0 Å². The number of amides is 1. The van der Waals surface area contributed by atoms with Crippen LogP contribution in [0.4, 0.5) is 11.4 Å². The zero-order chi connectivity index (χ0) is 14.5. The molecule has 0 saturated heterocycles. The third kappa shape index (κ3) is 2.74. The van der Waals surface area contributed by atoms with Crippen LogP contribution < -0.4 is 10.1 Å². The number of benzene rings is 2. The second-order valence-corrected chi connectivity index (χ2v) is 3.94. The fraction of sp³-hybridized carbons (Fsp3) is 0.0714. The fourth-order valence-corrected chi connectivity index (χ4v) is 1.78. The van der Waals surface area contributed by atoms with Gasteiger partial charge in [0, 0.05) is 11.8 Å². The molecule has 0 fully saturated rings. The maximum atomic E-state index is 12.2. The van der Waals surface area contributed by atoms with Crippen LogP contribution >= 0.6 is 0 Å². The maximum absolute atomic E-state index is 12.2. The number of ether oxygens (including phenoxy) is 1. The van der Waals surface area contributed by atoms with Gasteiger partial charge in [0.25, 0.3) is 5.91 Å². The van der Waals surface area contributed by atoms with E-state index < -0.39 is 10.8 Å². The third-order valence-corrected chi connectivity index (χ3v) is 2.67. The summed E-state index contributed by atoms with van der Waals surface area (Å²) in [5, 5.41) is 13.6. The number of rotatable bonds is 4. The summed E-state index contributed by atoms with van der Waals surface area (Å²) in [5.41, 5.74) is 0.477. The molecule has 20 heavy (non-hydrogen) atoms. The molecule has 0 aliphatic carbocycles. The molecule has 0 heterocycles. The molecule has 0 aliphatic heterocycles. The number of methoxy groups -OCH3 is 1. The Morgan fingerprint density at radius 2 is 1.85 bits per heavy atom. The summed E-state index contributed by atoms with van der Waals surface area (Å²) in [6.45, 7) is 0. The SMILES string of the molecule is COc1c(C(=O)Nc2ccccc2)cccc1[N+](=O)[O-]. The Hall–Kier alpha value is -2.89. The summed E-state index contributed by atoms with van der Waals surface area (Å²) in [6, 6.07) is 13.0. The predicted molar refractivity (Wildman–Crippen MR) is 74.0 cm³/mol. The average molecular weight is 272 g/mol. The van der Waals surface area contributed by atoms with Gasteiger partial charge in [-0.05, 0) is 18.2 Å². The molecule has 2 aromatic rings. The summed E-state index contributed by atoms with van der Waals surface area (Å²) in [7, 11) is 1.29. The normalized spacial score (nSPS) is 9.85. The van der Waals surface area contributed by atoms with Crippen molar-refractivity contribution in [3.8, 4) is 5.75 Å². The predicted octanol–water partition coefficient (Wildman–Crippen LogP) is 2.86. The number of hydrogen-bond donors (Lipinski definition) is 1. The van der Waals surface area contributed by atoms with Crippen molar-refractivity contribution in [2.45, 2.75) is 0 Å². The van der Waals surface area contributed by atoms with Crippen molar-refractivity contribution in [2.75, 3.05) is 12.4 Å². The van der Waals surface area contributed by atoms with Gasteiger partial charge in [0.2, 0.25) is 5.75 Å². The first-order chi connectivity index (χ1) is 9.63. The molecule has 0 saturated carbocycles. The molecule has 6 nitrogen and oxygen atoms in total. The molecule has 6 heteroatoms. The summed E-state index contributed by atoms with van der Waals surface area (Å²) in [5.74, 6) is -0.511. The summed E-state index contributed by atoms with van der Waals surface area (Å²) in [6.07, 6.45) is 0. The lowest BCUT2D eigenvalue weighted by Crippen LogP contribution is -2.13. The molecule has 1 N–H and O–H groups in total. The lowest BCUT2D eigenvalue weighted by molar-refractivity contribution is -0.385. The van der Waals surface area contributed by atoms with E-state index in [0.29, 0.717) is 5.69 Å². The third-order valence-electron chi connectivity index (χ3n) is 2.67. The molecule has 0 unspecified atom stereocenters. The average Bonchev–Trinajstić information content (AvgIpc) is 2.47. The van der Waals surface area contributed by atoms with Gasteiger partial charge in [-0.3, -0.25) is 14.9 Å². The molecular formula is C14H12N2O4. The van der Waals surface area contributed by atoms with E-state index in [1.165, 1.54) is 25.3 Å². The molecule has 0 spiro atoms. The zero-order valence-electron chi connectivity index (χ0n) is 10.7.